The largest absolute Gasteiger partial charge is 0.392 e. The highest BCUT2D eigenvalue weighted by molar-refractivity contribution is 5.04. The zero-order chi connectivity index (χ0) is 10.5. The van der Waals surface area contributed by atoms with Gasteiger partial charge in [-0.05, 0) is 30.9 Å². The minimum atomic E-state index is -0.274. The van der Waals surface area contributed by atoms with E-state index >= 15 is 0 Å². The molecule has 1 saturated heterocycles. The van der Waals surface area contributed by atoms with Gasteiger partial charge in [-0.2, -0.15) is 0 Å². The van der Waals surface area contributed by atoms with Crippen molar-refractivity contribution in [2.75, 3.05) is 13.2 Å². The first kappa shape index (κ1) is 10.6. The van der Waals surface area contributed by atoms with Crippen molar-refractivity contribution in [3.05, 3.63) is 30.1 Å². The van der Waals surface area contributed by atoms with E-state index in [1.165, 1.54) is 0 Å². The van der Waals surface area contributed by atoms with Crippen LogP contribution in [0.2, 0.25) is 0 Å². The van der Waals surface area contributed by atoms with Crippen LogP contribution in [-0.4, -0.2) is 29.4 Å². The molecule has 0 spiro atoms. The maximum atomic E-state index is 10.0. The summed E-state index contributed by atoms with van der Waals surface area (Å²) >= 11 is 0. The molecular weight excluding hydrogens is 190 g/mol. The Kier molecular flexibility index (Phi) is 3.69. The summed E-state index contributed by atoms with van der Waals surface area (Å²) in [6.07, 6.45) is 4.09. The van der Waals surface area contributed by atoms with Gasteiger partial charge in [0.25, 0.3) is 0 Å². The second-order valence-electron chi connectivity index (χ2n) is 4.04. The third kappa shape index (κ3) is 3.01. The molecule has 2 heterocycles. The fourth-order valence-corrected chi connectivity index (χ4v) is 2.00. The van der Waals surface area contributed by atoms with Crippen LogP contribution in [0.1, 0.15) is 18.5 Å². The van der Waals surface area contributed by atoms with Gasteiger partial charge in [-0.1, -0.05) is 6.07 Å². The zero-order valence-corrected chi connectivity index (χ0v) is 8.80. The Morgan fingerprint density at radius 3 is 2.87 bits per heavy atom. The number of pyridine rings is 1. The number of aliphatic hydroxyl groups is 1. The third-order valence-electron chi connectivity index (χ3n) is 2.95. The Morgan fingerprint density at radius 2 is 2.20 bits per heavy atom. The van der Waals surface area contributed by atoms with Gasteiger partial charge in [-0.15, -0.1) is 0 Å². The molecule has 1 fully saturated rings. The SMILES string of the molecule is OC(Cc1ccccn1)C1CCOCC1. The van der Waals surface area contributed by atoms with Gasteiger partial charge in [0.15, 0.2) is 0 Å². The lowest BCUT2D eigenvalue weighted by atomic mass is 9.91. The van der Waals surface area contributed by atoms with Crippen LogP contribution in [0.15, 0.2) is 24.4 Å². The van der Waals surface area contributed by atoms with Crippen LogP contribution in [0.3, 0.4) is 0 Å². The van der Waals surface area contributed by atoms with Crippen molar-refractivity contribution in [3.8, 4) is 0 Å². The average Bonchev–Trinajstić information content (AvgIpc) is 2.31. The zero-order valence-electron chi connectivity index (χ0n) is 8.80. The first-order chi connectivity index (χ1) is 7.36. The fourth-order valence-electron chi connectivity index (χ4n) is 2.00. The molecule has 1 aromatic rings. The summed E-state index contributed by atoms with van der Waals surface area (Å²) < 4.78 is 5.27. The van der Waals surface area contributed by atoms with Gasteiger partial charge < -0.3 is 9.84 Å². The van der Waals surface area contributed by atoms with Gasteiger partial charge in [0.05, 0.1) is 6.10 Å². The molecule has 0 aliphatic carbocycles. The van der Waals surface area contributed by atoms with Gasteiger partial charge in [-0.3, -0.25) is 4.98 Å². The summed E-state index contributed by atoms with van der Waals surface area (Å²) in [5, 5.41) is 10.0. The standard InChI is InChI=1S/C12H17NO2/c14-12(10-4-7-15-8-5-10)9-11-3-1-2-6-13-11/h1-3,6,10,12,14H,4-5,7-9H2. The van der Waals surface area contributed by atoms with Gasteiger partial charge in [-0.25, -0.2) is 0 Å². The van der Waals surface area contributed by atoms with Crippen molar-refractivity contribution in [3.63, 3.8) is 0 Å². The van der Waals surface area contributed by atoms with Crippen molar-refractivity contribution >= 4 is 0 Å². The molecule has 1 N–H and O–H groups in total. The predicted molar refractivity (Wildman–Crippen MR) is 57.5 cm³/mol. The van der Waals surface area contributed by atoms with Crippen molar-refractivity contribution in [1.29, 1.82) is 0 Å². The summed E-state index contributed by atoms with van der Waals surface area (Å²) in [5.41, 5.74) is 0.969. The lowest BCUT2D eigenvalue weighted by Crippen LogP contribution is -2.29. The lowest BCUT2D eigenvalue weighted by molar-refractivity contribution is 0.00806. The van der Waals surface area contributed by atoms with Crippen LogP contribution in [0, 0.1) is 5.92 Å². The normalized spacial score (nSPS) is 20.1. The number of hydrogen-bond acceptors (Lipinski definition) is 3. The highest BCUT2D eigenvalue weighted by Crippen LogP contribution is 2.20. The second-order valence-corrected chi connectivity index (χ2v) is 4.04. The summed E-state index contributed by atoms with van der Waals surface area (Å²) in [6.45, 7) is 1.56. The maximum Gasteiger partial charge on any atom is 0.0625 e. The Balaban J connectivity index is 1.88. The van der Waals surface area contributed by atoms with E-state index in [4.69, 9.17) is 4.74 Å². The molecule has 15 heavy (non-hydrogen) atoms. The van der Waals surface area contributed by atoms with Crippen LogP contribution in [0.5, 0.6) is 0 Å². The molecule has 1 atom stereocenters. The maximum absolute atomic E-state index is 10.0. The molecule has 1 aliphatic heterocycles. The highest BCUT2D eigenvalue weighted by atomic mass is 16.5. The molecule has 1 unspecified atom stereocenters. The van der Waals surface area contributed by atoms with Crippen LogP contribution in [-0.2, 0) is 11.2 Å². The van der Waals surface area contributed by atoms with Gasteiger partial charge in [0.2, 0.25) is 0 Å². The van der Waals surface area contributed by atoms with E-state index in [1.54, 1.807) is 6.20 Å². The molecule has 2 rings (SSSR count). The first-order valence-electron chi connectivity index (χ1n) is 5.52. The Hall–Kier alpha value is -0.930. The van der Waals surface area contributed by atoms with E-state index in [-0.39, 0.29) is 6.10 Å². The molecule has 0 radical (unpaired) electrons. The van der Waals surface area contributed by atoms with E-state index in [0.717, 1.165) is 31.7 Å². The summed E-state index contributed by atoms with van der Waals surface area (Å²) in [5.74, 6) is 0.376. The summed E-state index contributed by atoms with van der Waals surface area (Å²) in [7, 11) is 0. The monoisotopic (exact) mass is 207 g/mol. The smallest absolute Gasteiger partial charge is 0.0625 e. The van der Waals surface area contributed by atoms with E-state index in [0.29, 0.717) is 12.3 Å². The number of aliphatic hydroxyl groups excluding tert-OH is 1. The number of rotatable bonds is 3. The van der Waals surface area contributed by atoms with Crippen molar-refractivity contribution in [2.45, 2.75) is 25.4 Å². The molecule has 82 valence electrons. The van der Waals surface area contributed by atoms with Crippen LogP contribution >= 0.6 is 0 Å². The Bertz CT molecular complexity index is 283. The van der Waals surface area contributed by atoms with E-state index in [1.807, 2.05) is 18.2 Å². The fraction of sp³-hybridized carbons (Fsp3) is 0.583. The number of ether oxygens (including phenoxy) is 1. The van der Waals surface area contributed by atoms with Crippen molar-refractivity contribution < 1.29 is 9.84 Å². The van der Waals surface area contributed by atoms with Crippen LogP contribution in [0.25, 0.3) is 0 Å². The third-order valence-corrected chi connectivity index (χ3v) is 2.95. The Labute approximate surface area is 90.1 Å². The summed E-state index contributed by atoms with van der Waals surface area (Å²) in [4.78, 5) is 4.22. The molecule has 3 nitrogen and oxygen atoms in total. The molecule has 0 aromatic carbocycles. The van der Waals surface area contributed by atoms with Crippen molar-refractivity contribution in [2.24, 2.45) is 5.92 Å². The number of hydrogen-bond donors (Lipinski definition) is 1. The lowest BCUT2D eigenvalue weighted by Gasteiger charge is -2.26. The molecule has 1 aromatic heterocycles. The van der Waals surface area contributed by atoms with Crippen LogP contribution in [0.4, 0.5) is 0 Å². The molecular formula is C12H17NO2. The number of aromatic nitrogens is 1. The highest BCUT2D eigenvalue weighted by Gasteiger charge is 2.22. The number of nitrogens with zero attached hydrogens (tertiary/aromatic N) is 1. The quantitative estimate of drug-likeness (QED) is 0.815. The first-order valence-corrected chi connectivity index (χ1v) is 5.52. The van der Waals surface area contributed by atoms with Gasteiger partial charge >= 0.3 is 0 Å². The van der Waals surface area contributed by atoms with Crippen LogP contribution < -0.4 is 0 Å². The molecule has 1 aliphatic rings. The predicted octanol–water partition coefficient (Wildman–Crippen LogP) is 1.41. The molecule has 3 heteroatoms. The summed E-state index contributed by atoms with van der Waals surface area (Å²) in [6, 6.07) is 5.81. The molecule has 0 saturated carbocycles. The average molecular weight is 207 g/mol. The van der Waals surface area contributed by atoms with E-state index < -0.39 is 0 Å². The van der Waals surface area contributed by atoms with Gasteiger partial charge in [0, 0.05) is 31.5 Å². The Morgan fingerprint density at radius 1 is 1.40 bits per heavy atom. The topological polar surface area (TPSA) is 42.4 Å². The molecule has 0 amide bonds. The second kappa shape index (κ2) is 5.24. The van der Waals surface area contributed by atoms with E-state index in [2.05, 4.69) is 4.98 Å². The van der Waals surface area contributed by atoms with Gasteiger partial charge in [0.1, 0.15) is 0 Å². The molecule has 0 bridgehead atoms. The minimum absolute atomic E-state index is 0.274. The minimum Gasteiger partial charge on any atom is -0.392 e. The van der Waals surface area contributed by atoms with E-state index in [9.17, 15) is 5.11 Å². The van der Waals surface area contributed by atoms with Crippen molar-refractivity contribution in [1.82, 2.24) is 4.98 Å².